The molecule has 5 rings (SSSR count). The number of ketones is 1. The average molecular weight is 564 g/mol. The molecule has 1 aromatic heterocycles. The van der Waals surface area contributed by atoms with Gasteiger partial charge in [0.05, 0.1) is 11.1 Å². The molecule has 0 aliphatic heterocycles. The summed E-state index contributed by atoms with van der Waals surface area (Å²) in [6.45, 7) is 8.08. The molecule has 3 aromatic carbocycles. The molecule has 1 aliphatic rings. The number of anilines is 1. The molecule has 7 heteroatoms. The predicted octanol–water partition coefficient (Wildman–Crippen LogP) is 9.41. The van der Waals surface area contributed by atoms with Crippen molar-refractivity contribution in [3.63, 3.8) is 0 Å². The lowest BCUT2D eigenvalue weighted by molar-refractivity contribution is -0.137. The molecular formula is C34H40F3N3O. The third kappa shape index (κ3) is 9.13. The smallest absolute Gasteiger partial charge is 0.362 e. The highest BCUT2D eigenvalue weighted by Crippen LogP contribution is 2.32. The number of rotatable bonds is 3. The third-order valence-corrected chi connectivity index (χ3v) is 7.25. The summed E-state index contributed by atoms with van der Waals surface area (Å²) in [5.74, 6) is 3.72. The summed E-state index contributed by atoms with van der Waals surface area (Å²) in [5.41, 5.74) is 2.05. The van der Waals surface area contributed by atoms with Gasteiger partial charge in [-0.3, -0.25) is 4.79 Å². The third-order valence-electron chi connectivity index (χ3n) is 7.25. The molecular weight excluding hydrogens is 523 g/mol. The van der Waals surface area contributed by atoms with Crippen molar-refractivity contribution in [3.8, 4) is 11.1 Å². The van der Waals surface area contributed by atoms with Gasteiger partial charge in [-0.2, -0.15) is 13.2 Å². The van der Waals surface area contributed by atoms with E-state index in [9.17, 15) is 18.0 Å². The van der Waals surface area contributed by atoms with E-state index in [4.69, 9.17) is 0 Å². The molecule has 4 nitrogen and oxygen atoms in total. The minimum absolute atomic E-state index is 0.115. The first-order valence-corrected chi connectivity index (χ1v) is 14.0. The van der Waals surface area contributed by atoms with E-state index < -0.39 is 11.7 Å². The molecule has 0 radical (unpaired) electrons. The molecule has 1 aliphatic carbocycles. The van der Waals surface area contributed by atoms with Gasteiger partial charge in [0, 0.05) is 25.0 Å². The second kappa shape index (κ2) is 14.2. The first kappa shape index (κ1) is 31.8. The lowest BCUT2D eigenvalue weighted by Gasteiger charge is -2.22. The summed E-state index contributed by atoms with van der Waals surface area (Å²) in [6.07, 6.45) is 1.54. The fourth-order valence-corrected chi connectivity index (χ4v) is 4.82. The summed E-state index contributed by atoms with van der Waals surface area (Å²) in [4.78, 5) is 22.3. The first-order valence-electron chi connectivity index (χ1n) is 14.0. The van der Waals surface area contributed by atoms with Crippen molar-refractivity contribution in [1.82, 2.24) is 9.97 Å². The van der Waals surface area contributed by atoms with Gasteiger partial charge in [-0.1, -0.05) is 88.1 Å². The van der Waals surface area contributed by atoms with Gasteiger partial charge in [-0.25, -0.2) is 9.97 Å². The lowest BCUT2D eigenvalue weighted by atomic mass is 9.84. The van der Waals surface area contributed by atoms with Gasteiger partial charge in [-0.05, 0) is 61.1 Å². The van der Waals surface area contributed by atoms with E-state index in [2.05, 4.69) is 23.8 Å². The van der Waals surface area contributed by atoms with Crippen molar-refractivity contribution >= 4 is 22.5 Å². The number of aryl methyl sites for hydroxylation is 1. The van der Waals surface area contributed by atoms with Crippen LogP contribution in [-0.2, 0) is 6.18 Å². The number of benzene rings is 3. The van der Waals surface area contributed by atoms with Gasteiger partial charge in [0.25, 0.3) is 0 Å². The zero-order valence-electron chi connectivity index (χ0n) is 24.8. The molecule has 4 aromatic rings. The van der Waals surface area contributed by atoms with Crippen LogP contribution in [0.3, 0.4) is 0 Å². The minimum Gasteiger partial charge on any atom is -0.362 e. The number of aromatic nitrogens is 2. The van der Waals surface area contributed by atoms with Crippen molar-refractivity contribution in [2.24, 2.45) is 11.8 Å². The van der Waals surface area contributed by atoms with E-state index in [0.29, 0.717) is 16.7 Å². The van der Waals surface area contributed by atoms with Gasteiger partial charge < -0.3 is 4.90 Å². The Hall–Kier alpha value is -3.74. The van der Waals surface area contributed by atoms with Crippen LogP contribution in [0.5, 0.6) is 0 Å². The van der Waals surface area contributed by atoms with Gasteiger partial charge >= 0.3 is 6.18 Å². The molecule has 0 N–H and O–H groups in total. The minimum atomic E-state index is -4.35. The van der Waals surface area contributed by atoms with Crippen molar-refractivity contribution < 1.29 is 18.0 Å². The van der Waals surface area contributed by atoms with E-state index in [-0.39, 0.29) is 5.78 Å². The number of alkyl halides is 3. The Bertz CT molecular complexity index is 1410. The Morgan fingerprint density at radius 3 is 1.88 bits per heavy atom. The lowest BCUT2D eigenvalue weighted by Crippen LogP contribution is -2.12. The summed E-state index contributed by atoms with van der Waals surface area (Å²) < 4.78 is 37.4. The maximum Gasteiger partial charge on any atom is 0.416 e. The Balaban J connectivity index is 0.000000184. The molecule has 1 fully saturated rings. The maximum atomic E-state index is 12.5. The zero-order valence-corrected chi connectivity index (χ0v) is 24.8. The Morgan fingerprint density at radius 2 is 1.34 bits per heavy atom. The van der Waals surface area contributed by atoms with Crippen LogP contribution in [0.25, 0.3) is 22.0 Å². The Labute approximate surface area is 241 Å². The molecule has 1 saturated carbocycles. The van der Waals surface area contributed by atoms with Crippen LogP contribution >= 0.6 is 0 Å². The molecule has 0 atom stereocenters. The number of para-hydroxylation sites is 1. The number of fused-ring (bicyclic) bond motifs is 1. The van der Waals surface area contributed by atoms with Crippen molar-refractivity contribution in [2.75, 3.05) is 19.0 Å². The number of carbonyl (C=O) groups is 1. The van der Waals surface area contributed by atoms with Crippen LogP contribution in [0, 0.1) is 18.8 Å². The topological polar surface area (TPSA) is 46.1 Å². The van der Waals surface area contributed by atoms with E-state index in [0.717, 1.165) is 46.5 Å². The number of nitrogens with zero attached hydrogens (tertiary/aromatic N) is 3. The standard InChI is InChI=1S/C15H11F3O.C11H13N3.C8H16/c1-10(19)13-4-2-3-5-14(13)11-6-8-12(9-7-11)15(16,17)18;1-8-12-10-7-5-4-6-9(10)11(13-8)14(2)3;1-7-3-5-8(2)6-4-7/h2-9H,1H3;4-7H,1-3H3;7-8H,3-6H2,1-2H3. The zero-order chi connectivity index (χ0) is 30.2. The fourth-order valence-electron chi connectivity index (χ4n) is 4.82. The first-order chi connectivity index (χ1) is 19.4. The molecule has 0 saturated heterocycles. The second-order valence-electron chi connectivity index (χ2n) is 11.0. The van der Waals surface area contributed by atoms with Crippen LogP contribution in [0.4, 0.5) is 19.0 Å². The number of carbonyl (C=O) groups excluding carboxylic acids is 1. The Kier molecular flexibility index (Phi) is 11.0. The van der Waals surface area contributed by atoms with E-state index in [1.165, 1.54) is 44.7 Å². The van der Waals surface area contributed by atoms with E-state index in [1.54, 1.807) is 24.3 Å². The SMILES string of the molecule is CC(=O)c1ccccc1-c1ccc(C(F)(F)F)cc1.CC1CCC(C)CC1.Cc1nc(N(C)C)c2ccccc2n1. The van der Waals surface area contributed by atoms with Crippen molar-refractivity contribution in [1.29, 1.82) is 0 Å². The molecule has 1 heterocycles. The van der Waals surface area contributed by atoms with Crippen LogP contribution < -0.4 is 4.90 Å². The molecule has 0 bridgehead atoms. The molecule has 218 valence electrons. The highest BCUT2D eigenvalue weighted by atomic mass is 19.4. The summed E-state index contributed by atoms with van der Waals surface area (Å²) >= 11 is 0. The van der Waals surface area contributed by atoms with Gasteiger partial charge in [0.15, 0.2) is 5.78 Å². The normalized spacial score (nSPS) is 16.6. The highest BCUT2D eigenvalue weighted by molar-refractivity contribution is 6.00. The van der Waals surface area contributed by atoms with Crippen LogP contribution in [0.15, 0.2) is 72.8 Å². The number of halogens is 3. The maximum absolute atomic E-state index is 12.5. The summed E-state index contributed by atoms with van der Waals surface area (Å²) in [7, 11) is 3.99. The number of hydrogen-bond donors (Lipinski definition) is 0. The summed E-state index contributed by atoms with van der Waals surface area (Å²) in [6, 6.07) is 19.7. The Morgan fingerprint density at radius 1 is 0.805 bits per heavy atom. The second-order valence-corrected chi connectivity index (χ2v) is 11.0. The highest BCUT2D eigenvalue weighted by Gasteiger charge is 2.30. The quantitative estimate of drug-likeness (QED) is 0.233. The van der Waals surface area contributed by atoms with Gasteiger partial charge in [0.1, 0.15) is 11.6 Å². The van der Waals surface area contributed by atoms with Crippen molar-refractivity contribution in [2.45, 2.75) is 59.6 Å². The number of Topliss-reactive ketones (excluding diaryl/α,β-unsaturated/α-hetero) is 1. The average Bonchev–Trinajstić information content (AvgIpc) is 2.94. The van der Waals surface area contributed by atoms with Crippen molar-refractivity contribution in [3.05, 3.63) is 89.7 Å². The van der Waals surface area contributed by atoms with E-state index in [1.807, 2.05) is 50.2 Å². The largest absolute Gasteiger partial charge is 0.416 e. The van der Waals surface area contributed by atoms with Crippen LogP contribution in [0.2, 0.25) is 0 Å². The molecule has 0 unspecified atom stereocenters. The molecule has 0 spiro atoms. The summed E-state index contributed by atoms with van der Waals surface area (Å²) in [5, 5.41) is 1.10. The van der Waals surface area contributed by atoms with E-state index >= 15 is 0 Å². The fraction of sp³-hybridized carbons (Fsp3) is 0.382. The molecule has 41 heavy (non-hydrogen) atoms. The van der Waals surface area contributed by atoms with Gasteiger partial charge in [0.2, 0.25) is 0 Å². The monoisotopic (exact) mass is 563 g/mol. The molecule has 0 amide bonds. The van der Waals surface area contributed by atoms with Gasteiger partial charge in [-0.15, -0.1) is 0 Å². The predicted molar refractivity (Wildman–Crippen MR) is 162 cm³/mol. The number of hydrogen-bond acceptors (Lipinski definition) is 4. The van der Waals surface area contributed by atoms with Crippen LogP contribution in [0.1, 0.15) is 68.2 Å². The van der Waals surface area contributed by atoms with Crippen LogP contribution in [-0.4, -0.2) is 29.8 Å².